The molecule has 2 rings (SSSR count). The lowest BCUT2D eigenvalue weighted by Crippen LogP contribution is -2.39. The van der Waals surface area contributed by atoms with Crippen molar-refractivity contribution in [1.82, 2.24) is 0 Å². The topological polar surface area (TPSA) is 115 Å². The lowest BCUT2D eigenvalue weighted by molar-refractivity contribution is -0.384. The van der Waals surface area contributed by atoms with Crippen molar-refractivity contribution in [2.24, 2.45) is 0 Å². The molecule has 13 heteroatoms. The molecule has 162 valence electrons. The van der Waals surface area contributed by atoms with Crippen LogP contribution in [0.25, 0.3) is 0 Å². The van der Waals surface area contributed by atoms with Gasteiger partial charge in [-0.05, 0) is 23.8 Å². The zero-order valence-electron chi connectivity index (χ0n) is 14.8. The van der Waals surface area contributed by atoms with Crippen LogP contribution in [0.4, 0.5) is 43.4 Å². The third-order valence-electron chi connectivity index (χ3n) is 3.23. The summed E-state index contributed by atoms with van der Waals surface area (Å²) in [6, 6.07) is 13.9. The summed E-state index contributed by atoms with van der Waals surface area (Å²) in [6.45, 7) is 0.519. The molecule has 0 aliphatic heterocycles. The van der Waals surface area contributed by atoms with Crippen LogP contribution in [0.2, 0.25) is 0 Å². The Balaban J connectivity index is 0.000000329. The highest BCUT2D eigenvalue weighted by molar-refractivity contribution is 6.41. The number of carbonyl (C=O) groups excluding carboxylic acids is 2. The molecule has 30 heavy (non-hydrogen) atoms. The number of nitro groups is 1. The highest BCUT2D eigenvalue weighted by atomic mass is 19.4. The number of alkyl halides is 6. The SMILES string of the molecule is Nc1cccc(NCc2cccc([N+](=O)[O-])c2)c1.O=C(C(=O)C(F)(F)F)C(F)(F)F. The standard InChI is InChI=1S/C13H13N3O2.C4F6O2/c14-11-4-2-5-12(8-11)15-9-10-3-1-6-13(7-10)16(17)18;5-3(6,7)1(11)2(12)4(8,9)10/h1-8,15H,9,14H2;. The van der Waals surface area contributed by atoms with Crippen molar-refractivity contribution in [2.75, 3.05) is 11.1 Å². The van der Waals surface area contributed by atoms with Gasteiger partial charge in [0.1, 0.15) is 0 Å². The Bertz CT molecular complexity index is 904. The number of nitrogens with one attached hydrogen (secondary N) is 1. The van der Waals surface area contributed by atoms with E-state index < -0.39 is 28.8 Å². The van der Waals surface area contributed by atoms with Gasteiger partial charge in [-0.2, -0.15) is 26.3 Å². The van der Waals surface area contributed by atoms with E-state index in [0.29, 0.717) is 12.2 Å². The number of nitrogens with two attached hydrogens (primary N) is 1. The van der Waals surface area contributed by atoms with E-state index in [0.717, 1.165) is 11.3 Å². The van der Waals surface area contributed by atoms with Gasteiger partial charge in [-0.3, -0.25) is 19.7 Å². The number of hydrogen-bond donors (Lipinski definition) is 2. The minimum Gasteiger partial charge on any atom is -0.399 e. The molecular weight excluding hydrogens is 424 g/mol. The molecule has 0 fully saturated rings. The first-order chi connectivity index (χ1) is 13.7. The maximum absolute atomic E-state index is 11.2. The van der Waals surface area contributed by atoms with Gasteiger partial charge in [0.25, 0.3) is 5.69 Å². The fourth-order valence-electron chi connectivity index (χ4n) is 1.89. The zero-order valence-corrected chi connectivity index (χ0v) is 14.8. The molecule has 0 heterocycles. The fraction of sp³-hybridized carbons (Fsp3) is 0.176. The monoisotopic (exact) mass is 437 g/mol. The average molecular weight is 437 g/mol. The Labute approximate surface area is 164 Å². The van der Waals surface area contributed by atoms with Crippen LogP contribution in [0.5, 0.6) is 0 Å². The lowest BCUT2D eigenvalue weighted by atomic mass is 10.2. The molecule has 0 aromatic heterocycles. The molecule has 0 saturated heterocycles. The van der Waals surface area contributed by atoms with E-state index in [2.05, 4.69) is 5.32 Å². The second-order valence-corrected chi connectivity index (χ2v) is 5.56. The quantitative estimate of drug-likeness (QED) is 0.240. The number of carbonyl (C=O) groups is 2. The molecule has 0 atom stereocenters. The number of halogens is 6. The minimum atomic E-state index is -5.77. The number of nitrogens with zero attached hydrogens (tertiary/aromatic N) is 1. The summed E-state index contributed by atoms with van der Waals surface area (Å²) < 4.78 is 67.0. The molecule has 0 spiro atoms. The Morgan fingerprint density at radius 3 is 1.93 bits per heavy atom. The van der Waals surface area contributed by atoms with Crippen molar-refractivity contribution in [1.29, 1.82) is 0 Å². The van der Waals surface area contributed by atoms with E-state index in [-0.39, 0.29) is 5.69 Å². The number of ketones is 2. The molecule has 0 aliphatic rings. The number of rotatable bonds is 5. The molecule has 2 aromatic rings. The number of nitro benzene ring substituents is 1. The van der Waals surface area contributed by atoms with E-state index >= 15 is 0 Å². The molecule has 0 amide bonds. The second-order valence-electron chi connectivity index (χ2n) is 5.56. The maximum atomic E-state index is 11.2. The van der Waals surface area contributed by atoms with Crippen molar-refractivity contribution in [3.8, 4) is 0 Å². The van der Waals surface area contributed by atoms with Crippen molar-refractivity contribution in [3.63, 3.8) is 0 Å². The van der Waals surface area contributed by atoms with Crippen molar-refractivity contribution in [3.05, 3.63) is 64.2 Å². The number of Topliss-reactive ketones (excluding diaryl/α,β-unsaturated/α-hetero) is 2. The summed E-state index contributed by atoms with van der Waals surface area (Å²) in [5, 5.41) is 13.8. The van der Waals surface area contributed by atoms with E-state index in [1.54, 1.807) is 18.2 Å². The van der Waals surface area contributed by atoms with Crippen LogP contribution in [-0.2, 0) is 16.1 Å². The highest BCUT2D eigenvalue weighted by Crippen LogP contribution is 2.24. The number of non-ortho nitro benzene ring substituents is 1. The summed E-state index contributed by atoms with van der Waals surface area (Å²) in [5.41, 5.74) is 8.18. The van der Waals surface area contributed by atoms with Gasteiger partial charge in [-0.1, -0.05) is 18.2 Å². The average Bonchev–Trinajstić information content (AvgIpc) is 2.64. The first-order valence-electron chi connectivity index (χ1n) is 7.77. The van der Waals surface area contributed by atoms with E-state index in [9.17, 15) is 46.0 Å². The predicted molar refractivity (Wildman–Crippen MR) is 93.4 cm³/mol. The van der Waals surface area contributed by atoms with Crippen molar-refractivity contribution in [2.45, 2.75) is 18.9 Å². The first kappa shape index (κ1) is 24.4. The van der Waals surface area contributed by atoms with Crippen LogP contribution in [0.15, 0.2) is 48.5 Å². The van der Waals surface area contributed by atoms with Crippen LogP contribution < -0.4 is 11.1 Å². The first-order valence-corrected chi connectivity index (χ1v) is 7.77. The summed E-state index contributed by atoms with van der Waals surface area (Å²) in [5.74, 6) is -6.81. The van der Waals surface area contributed by atoms with Crippen LogP contribution in [0.1, 0.15) is 5.56 Å². The van der Waals surface area contributed by atoms with Gasteiger partial charge >= 0.3 is 23.9 Å². The van der Waals surface area contributed by atoms with Crippen molar-refractivity contribution < 1.29 is 40.9 Å². The second kappa shape index (κ2) is 9.71. The number of nitrogen functional groups attached to an aromatic ring is 1. The van der Waals surface area contributed by atoms with Gasteiger partial charge in [0, 0.05) is 30.1 Å². The van der Waals surface area contributed by atoms with Crippen LogP contribution in [-0.4, -0.2) is 28.8 Å². The third-order valence-corrected chi connectivity index (χ3v) is 3.23. The molecule has 0 unspecified atom stereocenters. The molecule has 0 saturated carbocycles. The van der Waals surface area contributed by atoms with Gasteiger partial charge in [0.15, 0.2) is 0 Å². The molecule has 3 N–H and O–H groups in total. The van der Waals surface area contributed by atoms with Gasteiger partial charge < -0.3 is 11.1 Å². The summed E-state index contributed by atoms with van der Waals surface area (Å²) >= 11 is 0. The van der Waals surface area contributed by atoms with E-state index in [1.165, 1.54) is 6.07 Å². The summed E-state index contributed by atoms with van der Waals surface area (Å²) in [4.78, 5) is 29.5. The van der Waals surface area contributed by atoms with Gasteiger partial charge in [-0.25, -0.2) is 0 Å². The largest absolute Gasteiger partial charge is 0.458 e. The van der Waals surface area contributed by atoms with Crippen LogP contribution >= 0.6 is 0 Å². The zero-order chi connectivity index (χ0) is 23.1. The summed E-state index contributed by atoms with van der Waals surface area (Å²) in [7, 11) is 0. The number of hydrogen-bond acceptors (Lipinski definition) is 6. The minimum absolute atomic E-state index is 0.0990. The van der Waals surface area contributed by atoms with Crippen molar-refractivity contribution >= 4 is 28.6 Å². The normalized spacial score (nSPS) is 11.1. The molecular formula is C17H13F6N3O4. The third kappa shape index (κ3) is 7.77. The van der Waals surface area contributed by atoms with Gasteiger partial charge in [0.05, 0.1) is 4.92 Å². The number of benzene rings is 2. The van der Waals surface area contributed by atoms with Crippen LogP contribution in [0.3, 0.4) is 0 Å². The maximum Gasteiger partial charge on any atom is 0.458 e. The summed E-state index contributed by atoms with van der Waals surface area (Å²) in [6.07, 6.45) is -11.5. The number of anilines is 2. The molecule has 0 bridgehead atoms. The predicted octanol–water partition coefficient (Wildman–Crippen LogP) is 4.04. The molecule has 0 aliphatic carbocycles. The Kier molecular flexibility index (Phi) is 7.90. The van der Waals surface area contributed by atoms with Gasteiger partial charge in [-0.15, -0.1) is 0 Å². The highest BCUT2D eigenvalue weighted by Gasteiger charge is 2.54. The van der Waals surface area contributed by atoms with E-state index in [4.69, 9.17) is 5.73 Å². The Hall–Kier alpha value is -3.64. The molecule has 7 nitrogen and oxygen atoms in total. The Morgan fingerprint density at radius 2 is 1.47 bits per heavy atom. The lowest BCUT2D eigenvalue weighted by Gasteiger charge is -2.07. The fourth-order valence-corrected chi connectivity index (χ4v) is 1.89. The van der Waals surface area contributed by atoms with Gasteiger partial charge in [0.2, 0.25) is 0 Å². The molecule has 2 aromatic carbocycles. The molecule has 0 radical (unpaired) electrons. The van der Waals surface area contributed by atoms with Crippen LogP contribution in [0, 0.1) is 10.1 Å². The smallest absolute Gasteiger partial charge is 0.399 e. The van der Waals surface area contributed by atoms with E-state index in [1.807, 2.05) is 24.3 Å². The Morgan fingerprint density at radius 1 is 0.933 bits per heavy atom.